The van der Waals surface area contributed by atoms with Gasteiger partial charge >= 0.3 is 0 Å². The first-order chi connectivity index (χ1) is 7.27. The van der Waals surface area contributed by atoms with E-state index in [9.17, 15) is 0 Å². The predicted octanol–water partition coefficient (Wildman–Crippen LogP) is 3.83. The summed E-state index contributed by atoms with van der Waals surface area (Å²) in [5, 5.41) is 9.65. The molecule has 0 aromatic carbocycles. The van der Waals surface area contributed by atoms with E-state index in [2.05, 4.69) is 24.0 Å². The molecule has 1 heterocycles. The van der Waals surface area contributed by atoms with Gasteiger partial charge in [-0.2, -0.15) is 0 Å². The van der Waals surface area contributed by atoms with Crippen molar-refractivity contribution in [2.24, 2.45) is 0 Å². The Balaban J connectivity index is 0.000000921. The Morgan fingerprint density at radius 2 is 1.67 bits per heavy atom. The monoisotopic (exact) mass is 229 g/mol. The summed E-state index contributed by atoms with van der Waals surface area (Å²) in [7, 11) is 0. The van der Waals surface area contributed by atoms with Crippen LogP contribution in [-0.2, 0) is 0 Å². The number of hydrogen-bond donors (Lipinski definition) is 1. The molecule has 1 aromatic rings. The fraction of sp³-hybridized carbons (Fsp3) is 0.818. The van der Waals surface area contributed by atoms with Crippen molar-refractivity contribution in [2.45, 2.75) is 59.3 Å². The Hall–Kier alpha value is -0.640. The summed E-state index contributed by atoms with van der Waals surface area (Å²) < 4.78 is 0. The molecule has 0 aliphatic heterocycles. The van der Waals surface area contributed by atoms with E-state index in [1.807, 2.05) is 13.8 Å². The summed E-state index contributed by atoms with van der Waals surface area (Å²) >= 11 is 1.53. The maximum Gasteiger partial charge on any atom is 0.203 e. The second-order valence-electron chi connectivity index (χ2n) is 3.25. The maximum absolute atomic E-state index is 5.55. The Bertz CT molecular complexity index is 242. The molecule has 88 valence electrons. The highest BCUT2D eigenvalue weighted by Gasteiger charge is 2.13. The number of anilines is 1. The summed E-state index contributed by atoms with van der Waals surface area (Å²) in [6, 6.07) is 0. The van der Waals surface area contributed by atoms with Gasteiger partial charge in [0.05, 0.1) is 0 Å². The molecule has 15 heavy (non-hydrogen) atoms. The molecule has 0 saturated heterocycles. The molecule has 0 spiro atoms. The highest BCUT2D eigenvalue weighted by atomic mass is 32.1. The number of nitrogens with two attached hydrogens (primary N) is 1. The van der Waals surface area contributed by atoms with Gasteiger partial charge in [0.2, 0.25) is 5.13 Å². The SMILES string of the molecule is CC.CCCC(CCC)c1nnc(N)s1. The van der Waals surface area contributed by atoms with Crippen LogP contribution in [-0.4, -0.2) is 10.2 Å². The lowest BCUT2D eigenvalue weighted by atomic mass is 9.99. The fourth-order valence-corrected chi connectivity index (χ4v) is 2.28. The van der Waals surface area contributed by atoms with Crippen molar-refractivity contribution in [3.8, 4) is 0 Å². The third kappa shape index (κ3) is 5.11. The van der Waals surface area contributed by atoms with Crippen LogP contribution in [0.25, 0.3) is 0 Å². The summed E-state index contributed by atoms with van der Waals surface area (Å²) in [6.45, 7) is 8.40. The van der Waals surface area contributed by atoms with Crippen molar-refractivity contribution < 1.29 is 0 Å². The van der Waals surface area contributed by atoms with E-state index >= 15 is 0 Å². The lowest BCUT2D eigenvalue weighted by Gasteiger charge is -2.10. The molecular weight excluding hydrogens is 206 g/mol. The highest BCUT2D eigenvalue weighted by molar-refractivity contribution is 7.15. The van der Waals surface area contributed by atoms with Gasteiger partial charge in [-0.1, -0.05) is 51.9 Å². The van der Waals surface area contributed by atoms with Gasteiger partial charge in [-0.25, -0.2) is 0 Å². The molecule has 0 saturated carbocycles. The number of rotatable bonds is 5. The first-order valence-electron chi connectivity index (χ1n) is 5.86. The summed E-state index contributed by atoms with van der Waals surface area (Å²) in [5.74, 6) is 0.574. The van der Waals surface area contributed by atoms with Crippen LogP contribution in [0.4, 0.5) is 5.13 Å². The summed E-state index contributed by atoms with van der Waals surface area (Å²) in [6.07, 6.45) is 4.79. The van der Waals surface area contributed by atoms with Crippen LogP contribution in [0.5, 0.6) is 0 Å². The minimum Gasteiger partial charge on any atom is -0.374 e. The Morgan fingerprint density at radius 3 is 2.00 bits per heavy atom. The molecule has 0 aliphatic carbocycles. The lowest BCUT2D eigenvalue weighted by molar-refractivity contribution is 0.554. The van der Waals surface area contributed by atoms with Crippen molar-refractivity contribution in [3.05, 3.63) is 5.01 Å². The molecule has 2 N–H and O–H groups in total. The number of nitrogen functional groups attached to an aromatic ring is 1. The Morgan fingerprint density at radius 1 is 1.13 bits per heavy atom. The van der Waals surface area contributed by atoms with Crippen LogP contribution >= 0.6 is 11.3 Å². The Kier molecular flexibility index (Phi) is 8.28. The molecule has 0 aliphatic rings. The van der Waals surface area contributed by atoms with Gasteiger partial charge in [0.15, 0.2) is 0 Å². The molecule has 0 amide bonds. The zero-order chi connectivity index (χ0) is 11.7. The normalized spacial score (nSPS) is 9.93. The molecule has 0 fully saturated rings. The summed E-state index contributed by atoms with van der Waals surface area (Å²) in [5.41, 5.74) is 5.55. The van der Waals surface area contributed by atoms with Crippen LogP contribution < -0.4 is 5.73 Å². The second kappa shape index (κ2) is 8.65. The molecule has 1 aromatic heterocycles. The quantitative estimate of drug-likeness (QED) is 0.834. The standard InChI is InChI=1S/C9H17N3S.C2H6/c1-3-5-7(6-4-2)8-11-12-9(10)13-8;1-2/h7H,3-6H2,1-2H3,(H2,10,12);1-2H3. The molecule has 0 unspecified atom stereocenters. The van der Waals surface area contributed by atoms with E-state index in [1.54, 1.807) is 0 Å². The topological polar surface area (TPSA) is 51.8 Å². The summed E-state index contributed by atoms with van der Waals surface area (Å²) in [4.78, 5) is 0. The Labute approximate surface area is 97.1 Å². The van der Waals surface area contributed by atoms with Crippen molar-refractivity contribution in [3.63, 3.8) is 0 Å². The molecule has 0 bridgehead atoms. The van der Waals surface area contributed by atoms with Crippen LogP contribution in [0.3, 0.4) is 0 Å². The van der Waals surface area contributed by atoms with Gasteiger partial charge in [-0.3, -0.25) is 0 Å². The third-order valence-corrected chi connectivity index (χ3v) is 2.99. The largest absolute Gasteiger partial charge is 0.374 e. The van der Waals surface area contributed by atoms with Gasteiger partial charge in [0.25, 0.3) is 0 Å². The molecule has 1 rings (SSSR count). The first kappa shape index (κ1) is 14.4. The fourth-order valence-electron chi connectivity index (χ4n) is 1.50. The van der Waals surface area contributed by atoms with E-state index in [0.29, 0.717) is 11.0 Å². The smallest absolute Gasteiger partial charge is 0.203 e. The molecular formula is C11H23N3S. The van der Waals surface area contributed by atoms with Gasteiger partial charge in [0, 0.05) is 5.92 Å². The first-order valence-corrected chi connectivity index (χ1v) is 6.68. The van der Waals surface area contributed by atoms with Gasteiger partial charge in [-0.05, 0) is 12.8 Å². The minimum absolute atomic E-state index is 0.574. The van der Waals surface area contributed by atoms with Crippen LogP contribution in [0.15, 0.2) is 0 Å². The van der Waals surface area contributed by atoms with E-state index in [-0.39, 0.29) is 0 Å². The molecule has 0 atom stereocenters. The average Bonchev–Trinajstić information content (AvgIpc) is 2.68. The number of aromatic nitrogens is 2. The van der Waals surface area contributed by atoms with Crippen LogP contribution in [0.2, 0.25) is 0 Å². The zero-order valence-electron chi connectivity index (χ0n) is 10.3. The second-order valence-corrected chi connectivity index (χ2v) is 4.29. The lowest BCUT2D eigenvalue weighted by Crippen LogP contribution is -1.97. The van der Waals surface area contributed by atoms with Crippen molar-refractivity contribution in [1.82, 2.24) is 10.2 Å². The molecule has 4 heteroatoms. The van der Waals surface area contributed by atoms with Crippen LogP contribution in [0.1, 0.15) is 64.3 Å². The van der Waals surface area contributed by atoms with Crippen molar-refractivity contribution in [2.75, 3.05) is 5.73 Å². The average molecular weight is 229 g/mol. The van der Waals surface area contributed by atoms with Crippen molar-refractivity contribution in [1.29, 1.82) is 0 Å². The molecule has 0 radical (unpaired) electrons. The van der Waals surface area contributed by atoms with Crippen molar-refractivity contribution >= 4 is 16.5 Å². The molecule has 3 nitrogen and oxygen atoms in total. The zero-order valence-corrected chi connectivity index (χ0v) is 11.1. The van der Waals surface area contributed by atoms with Gasteiger partial charge < -0.3 is 5.73 Å². The van der Waals surface area contributed by atoms with E-state index in [1.165, 1.54) is 37.0 Å². The van der Waals surface area contributed by atoms with E-state index in [4.69, 9.17) is 5.73 Å². The van der Waals surface area contributed by atoms with E-state index in [0.717, 1.165) is 5.01 Å². The van der Waals surface area contributed by atoms with Gasteiger partial charge in [-0.15, -0.1) is 10.2 Å². The van der Waals surface area contributed by atoms with Crippen LogP contribution in [0, 0.1) is 0 Å². The highest BCUT2D eigenvalue weighted by Crippen LogP contribution is 2.29. The van der Waals surface area contributed by atoms with E-state index < -0.39 is 0 Å². The van der Waals surface area contributed by atoms with Gasteiger partial charge in [0.1, 0.15) is 5.01 Å². The maximum atomic E-state index is 5.55. The number of nitrogens with zero attached hydrogens (tertiary/aromatic N) is 2. The predicted molar refractivity (Wildman–Crippen MR) is 68.2 cm³/mol. The number of hydrogen-bond acceptors (Lipinski definition) is 4. The third-order valence-electron chi connectivity index (χ3n) is 2.08. The minimum atomic E-state index is 0.574.